The van der Waals surface area contributed by atoms with Crippen LogP contribution in [0.15, 0.2) is 24.3 Å². The zero-order valence-electron chi connectivity index (χ0n) is 10.6. The Balaban J connectivity index is 1.70. The lowest BCUT2D eigenvalue weighted by Gasteiger charge is -2.31. The Kier molecular flexibility index (Phi) is 3.06. The molecule has 2 saturated heterocycles. The fourth-order valence-electron chi connectivity index (χ4n) is 3.36. The van der Waals surface area contributed by atoms with Crippen molar-refractivity contribution in [3.8, 4) is 0 Å². The molecule has 2 N–H and O–H groups in total. The minimum Gasteiger partial charge on any atom is -0.382 e. The molecule has 2 unspecified atom stereocenters. The van der Waals surface area contributed by atoms with E-state index in [1.807, 2.05) is 0 Å². The minimum absolute atomic E-state index is 0.668. The molecule has 2 aliphatic heterocycles. The van der Waals surface area contributed by atoms with Crippen LogP contribution in [0.4, 0.5) is 5.69 Å². The van der Waals surface area contributed by atoms with Crippen LogP contribution in [-0.2, 0) is 6.42 Å². The Morgan fingerprint density at radius 2 is 1.88 bits per heavy atom. The highest BCUT2D eigenvalue weighted by Crippen LogP contribution is 2.29. The summed E-state index contributed by atoms with van der Waals surface area (Å²) >= 11 is 0. The maximum atomic E-state index is 3.76. The first-order chi connectivity index (χ1) is 8.35. The maximum Gasteiger partial charge on any atom is 0.0374 e. The average Bonchev–Trinajstić information content (AvgIpc) is 2.69. The third-order valence-electron chi connectivity index (χ3n) is 4.23. The van der Waals surface area contributed by atoms with Crippen molar-refractivity contribution in [2.45, 2.75) is 57.2 Å². The summed E-state index contributed by atoms with van der Waals surface area (Å²) in [5, 5.41) is 7.46. The van der Waals surface area contributed by atoms with Crippen LogP contribution in [0.5, 0.6) is 0 Å². The van der Waals surface area contributed by atoms with Crippen molar-refractivity contribution in [3.63, 3.8) is 0 Å². The molecule has 3 rings (SSSR count). The van der Waals surface area contributed by atoms with Gasteiger partial charge in [-0.05, 0) is 43.7 Å². The van der Waals surface area contributed by atoms with Crippen molar-refractivity contribution < 1.29 is 0 Å². The number of aryl methyl sites for hydroxylation is 1. The summed E-state index contributed by atoms with van der Waals surface area (Å²) in [6, 6.07) is 10.9. The van der Waals surface area contributed by atoms with Gasteiger partial charge in [0.15, 0.2) is 0 Å². The van der Waals surface area contributed by atoms with Crippen molar-refractivity contribution in [2.24, 2.45) is 0 Å². The van der Waals surface area contributed by atoms with E-state index in [4.69, 9.17) is 0 Å². The zero-order valence-corrected chi connectivity index (χ0v) is 10.6. The highest BCUT2D eigenvalue weighted by atomic mass is 15.0. The van der Waals surface area contributed by atoms with Gasteiger partial charge >= 0.3 is 0 Å². The predicted octanol–water partition coefficient (Wildman–Crippen LogP) is 2.94. The lowest BCUT2D eigenvalue weighted by Crippen LogP contribution is -2.43. The molecule has 0 radical (unpaired) electrons. The molecule has 2 bridgehead atoms. The van der Waals surface area contributed by atoms with Crippen LogP contribution in [0.1, 0.15) is 38.2 Å². The van der Waals surface area contributed by atoms with Crippen molar-refractivity contribution in [1.82, 2.24) is 5.32 Å². The first-order valence-corrected chi connectivity index (χ1v) is 6.95. The van der Waals surface area contributed by atoms with E-state index >= 15 is 0 Å². The number of nitrogens with one attached hydrogen (secondary N) is 2. The van der Waals surface area contributed by atoms with E-state index in [1.54, 1.807) is 0 Å². The molecule has 1 aromatic rings. The topological polar surface area (TPSA) is 24.1 Å². The summed E-state index contributed by atoms with van der Waals surface area (Å²) < 4.78 is 0. The highest BCUT2D eigenvalue weighted by molar-refractivity contribution is 5.51. The SMILES string of the molecule is CCc1ccccc1NC1CC2CCC(C1)N2. The molecule has 2 aliphatic rings. The Morgan fingerprint density at radius 1 is 1.18 bits per heavy atom. The number of anilines is 1. The highest BCUT2D eigenvalue weighted by Gasteiger charge is 2.33. The minimum atomic E-state index is 0.668. The molecule has 2 nitrogen and oxygen atoms in total. The third kappa shape index (κ3) is 2.32. The van der Waals surface area contributed by atoms with Crippen LogP contribution in [0.25, 0.3) is 0 Å². The Bertz CT molecular complexity index is 376. The summed E-state index contributed by atoms with van der Waals surface area (Å²) in [5.74, 6) is 0. The molecule has 2 heterocycles. The first kappa shape index (κ1) is 11.1. The fourth-order valence-corrected chi connectivity index (χ4v) is 3.36. The van der Waals surface area contributed by atoms with Gasteiger partial charge in [0, 0.05) is 23.8 Å². The van der Waals surface area contributed by atoms with Crippen LogP contribution in [0.2, 0.25) is 0 Å². The van der Waals surface area contributed by atoms with E-state index < -0.39 is 0 Å². The molecular weight excluding hydrogens is 208 g/mol. The van der Waals surface area contributed by atoms with Gasteiger partial charge in [-0.15, -0.1) is 0 Å². The van der Waals surface area contributed by atoms with Gasteiger partial charge in [0.1, 0.15) is 0 Å². The molecule has 0 spiro atoms. The Labute approximate surface area is 104 Å². The second-order valence-corrected chi connectivity index (χ2v) is 5.46. The second kappa shape index (κ2) is 4.69. The quantitative estimate of drug-likeness (QED) is 0.834. The van der Waals surface area contributed by atoms with E-state index in [0.29, 0.717) is 6.04 Å². The number of hydrogen-bond acceptors (Lipinski definition) is 2. The number of hydrogen-bond donors (Lipinski definition) is 2. The zero-order chi connectivity index (χ0) is 11.7. The molecule has 92 valence electrons. The van der Waals surface area contributed by atoms with Crippen LogP contribution < -0.4 is 10.6 Å². The number of benzene rings is 1. The first-order valence-electron chi connectivity index (χ1n) is 6.95. The summed E-state index contributed by atoms with van der Waals surface area (Å²) in [7, 11) is 0. The standard InChI is InChI=1S/C15H22N2/c1-2-11-5-3-4-6-15(11)17-14-9-12-7-8-13(10-14)16-12/h3-6,12-14,16-17H,2,7-10H2,1H3. The van der Waals surface area contributed by atoms with Crippen LogP contribution in [0.3, 0.4) is 0 Å². The van der Waals surface area contributed by atoms with Crippen LogP contribution in [-0.4, -0.2) is 18.1 Å². The smallest absolute Gasteiger partial charge is 0.0374 e. The summed E-state index contributed by atoms with van der Waals surface area (Å²) in [6.07, 6.45) is 6.43. The monoisotopic (exact) mass is 230 g/mol. The molecule has 0 aromatic heterocycles. The number of piperidine rings is 1. The van der Waals surface area contributed by atoms with E-state index in [9.17, 15) is 0 Å². The van der Waals surface area contributed by atoms with Gasteiger partial charge in [-0.2, -0.15) is 0 Å². The molecule has 2 heteroatoms. The average molecular weight is 230 g/mol. The number of para-hydroxylation sites is 1. The van der Waals surface area contributed by atoms with Gasteiger partial charge in [-0.3, -0.25) is 0 Å². The predicted molar refractivity (Wildman–Crippen MR) is 72.4 cm³/mol. The number of rotatable bonds is 3. The Morgan fingerprint density at radius 3 is 2.59 bits per heavy atom. The second-order valence-electron chi connectivity index (χ2n) is 5.46. The molecular formula is C15H22N2. The maximum absolute atomic E-state index is 3.76. The normalized spacial score (nSPS) is 31.5. The fraction of sp³-hybridized carbons (Fsp3) is 0.600. The van der Waals surface area contributed by atoms with E-state index in [2.05, 4.69) is 41.8 Å². The van der Waals surface area contributed by atoms with E-state index in [-0.39, 0.29) is 0 Å². The molecule has 1 aromatic carbocycles. The van der Waals surface area contributed by atoms with Crippen LogP contribution >= 0.6 is 0 Å². The van der Waals surface area contributed by atoms with Gasteiger partial charge in [0.25, 0.3) is 0 Å². The van der Waals surface area contributed by atoms with E-state index in [1.165, 1.54) is 36.9 Å². The van der Waals surface area contributed by atoms with Gasteiger partial charge in [-0.25, -0.2) is 0 Å². The van der Waals surface area contributed by atoms with Crippen molar-refractivity contribution >= 4 is 5.69 Å². The van der Waals surface area contributed by atoms with Crippen molar-refractivity contribution in [2.75, 3.05) is 5.32 Å². The molecule has 2 fully saturated rings. The van der Waals surface area contributed by atoms with Gasteiger partial charge in [0.2, 0.25) is 0 Å². The molecule has 2 atom stereocenters. The summed E-state index contributed by atoms with van der Waals surface area (Å²) in [4.78, 5) is 0. The lowest BCUT2D eigenvalue weighted by atomic mass is 9.99. The summed E-state index contributed by atoms with van der Waals surface area (Å²) in [6.45, 7) is 2.23. The molecule has 0 amide bonds. The molecule has 0 aliphatic carbocycles. The Hall–Kier alpha value is -1.02. The molecule has 0 saturated carbocycles. The third-order valence-corrected chi connectivity index (χ3v) is 4.23. The van der Waals surface area contributed by atoms with Crippen LogP contribution in [0, 0.1) is 0 Å². The number of fused-ring (bicyclic) bond motifs is 2. The lowest BCUT2D eigenvalue weighted by molar-refractivity contribution is 0.378. The van der Waals surface area contributed by atoms with E-state index in [0.717, 1.165) is 18.5 Å². The van der Waals surface area contributed by atoms with Gasteiger partial charge < -0.3 is 10.6 Å². The van der Waals surface area contributed by atoms with Gasteiger partial charge in [0.05, 0.1) is 0 Å². The van der Waals surface area contributed by atoms with Crippen molar-refractivity contribution in [1.29, 1.82) is 0 Å². The summed E-state index contributed by atoms with van der Waals surface area (Å²) in [5.41, 5.74) is 2.79. The van der Waals surface area contributed by atoms with Gasteiger partial charge in [-0.1, -0.05) is 25.1 Å². The largest absolute Gasteiger partial charge is 0.382 e. The van der Waals surface area contributed by atoms with Crippen molar-refractivity contribution in [3.05, 3.63) is 29.8 Å². The molecule has 17 heavy (non-hydrogen) atoms.